The molecular formula is C17H21N7. The van der Waals surface area contributed by atoms with E-state index in [4.69, 9.17) is 16.7 Å². The number of nitrogen functional groups attached to an aromatic ring is 2. The van der Waals surface area contributed by atoms with Gasteiger partial charge in [-0.25, -0.2) is 4.98 Å². The summed E-state index contributed by atoms with van der Waals surface area (Å²) in [5.41, 5.74) is 15.4. The Morgan fingerprint density at radius 3 is 2.25 bits per heavy atom. The minimum atomic E-state index is 0.226. The van der Waals surface area contributed by atoms with Crippen molar-refractivity contribution >= 4 is 23.1 Å². The number of hydrogen-bond donors (Lipinski definition) is 2. The van der Waals surface area contributed by atoms with Gasteiger partial charge in [0.1, 0.15) is 5.69 Å². The van der Waals surface area contributed by atoms with Crippen molar-refractivity contribution in [1.82, 2.24) is 9.97 Å². The Labute approximate surface area is 141 Å². The predicted octanol–water partition coefficient (Wildman–Crippen LogP) is 1.40. The van der Waals surface area contributed by atoms with E-state index in [9.17, 15) is 0 Å². The highest BCUT2D eigenvalue weighted by Gasteiger charge is 2.22. The second-order valence-corrected chi connectivity index (χ2v) is 5.75. The lowest BCUT2D eigenvalue weighted by atomic mass is 10.1. The maximum absolute atomic E-state index is 8.89. The van der Waals surface area contributed by atoms with Gasteiger partial charge >= 0.3 is 0 Å². The van der Waals surface area contributed by atoms with Crippen LogP contribution in [0.25, 0.3) is 0 Å². The molecule has 3 rings (SSSR count). The molecule has 0 radical (unpaired) electrons. The molecule has 7 heteroatoms. The van der Waals surface area contributed by atoms with Crippen molar-refractivity contribution < 1.29 is 0 Å². The molecule has 2 aromatic rings. The van der Waals surface area contributed by atoms with E-state index < -0.39 is 0 Å². The van der Waals surface area contributed by atoms with Gasteiger partial charge in [0.2, 0.25) is 5.95 Å². The van der Waals surface area contributed by atoms with Gasteiger partial charge in [-0.1, -0.05) is 6.92 Å². The van der Waals surface area contributed by atoms with Crippen molar-refractivity contribution in [1.29, 1.82) is 5.26 Å². The number of rotatable bonds is 3. The Morgan fingerprint density at radius 2 is 1.67 bits per heavy atom. The molecule has 0 saturated carbocycles. The summed E-state index contributed by atoms with van der Waals surface area (Å²) in [5, 5.41) is 8.89. The number of aromatic nitrogens is 2. The molecule has 124 valence electrons. The highest BCUT2D eigenvalue weighted by atomic mass is 15.3. The van der Waals surface area contributed by atoms with E-state index in [1.165, 1.54) is 0 Å². The number of nitriles is 1. The topological polar surface area (TPSA) is 108 Å². The zero-order chi connectivity index (χ0) is 17.1. The van der Waals surface area contributed by atoms with Gasteiger partial charge in [-0.05, 0) is 30.7 Å². The summed E-state index contributed by atoms with van der Waals surface area (Å²) in [4.78, 5) is 13.0. The normalized spacial score (nSPS) is 14.5. The number of anilines is 4. The van der Waals surface area contributed by atoms with Crippen LogP contribution in [0.2, 0.25) is 0 Å². The fourth-order valence-corrected chi connectivity index (χ4v) is 3.07. The summed E-state index contributed by atoms with van der Waals surface area (Å²) < 4.78 is 0. The minimum absolute atomic E-state index is 0.226. The number of piperazine rings is 1. The summed E-state index contributed by atoms with van der Waals surface area (Å²) in [6, 6.07) is 9.83. The molecule has 2 heterocycles. The van der Waals surface area contributed by atoms with E-state index >= 15 is 0 Å². The third-order valence-electron chi connectivity index (χ3n) is 4.29. The van der Waals surface area contributed by atoms with Gasteiger partial charge in [-0.3, -0.25) is 0 Å². The lowest BCUT2D eigenvalue weighted by molar-refractivity contribution is 0.649. The quantitative estimate of drug-likeness (QED) is 0.879. The third kappa shape index (κ3) is 3.04. The minimum Gasteiger partial charge on any atom is -0.382 e. The zero-order valence-corrected chi connectivity index (χ0v) is 13.7. The van der Waals surface area contributed by atoms with Crippen molar-refractivity contribution in [2.75, 3.05) is 47.4 Å². The average molecular weight is 323 g/mol. The van der Waals surface area contributed by atoms with Gasteiger partial charge < -0.3 is 21.3 Å². The molecule has 1 aromatic heterocycles. The highest BCUT2D eigenvalue weighted by Crippen LogP contribution is 2.28. The van der Waals surface area contributed by atoms with E-state index in [1.807, 2.05) is 31.2 Å². The average Bonchev–Trinajstić information content (AvgIpc) is 2.61. The molecule has 1 aromatic carbocycles. The van der Waals surface area contributed by atoms with Crippen LogP contribution >= 0.6 is 0 Å². The molecule has 0 aliphatic carbocycles. The van der Waals surface area contributed by atoms with Crippen LogP contribution in [0.3, 0.4) is 0 Å². The van der Waals surface area contributed by atoms with Crippen LogP contribution in [0.15, 0.2) is 24.3 Å². The zero-order valence-electron chi connectivity index (χ0n) is 13.7. The number of nitrogens with two attached hydrogens (primary N) is 2. The number of aryl methyl sites for hydroxylation is 1. The first-order valence-electron chi connectivity index (χ1n) is 8.04. The van der Waals surface area contributed by atoms with E-state index in [0.29, 0.717) is 11.4 Å². The van der Waals surface area contributed by atoms with Crippen LogP contribution in [0, 0.1) is 11.3 Å². The SMILES string of the molecule is CCc1nc(N)nc(N)c1N1CCN(c2ccc(C#N)cc2)CC1. The van der Waals surface area contributed by atoms with Gasteiger partial charge in [0.25, 0.3) is 0 Å². The maximum atomic E-state index is 8.89. The van der Waals surface area contributed by atoms with E-state index in [2.05, 4.69) is 25.8 Å². The highest BCUT2D eigenvalue weighted by molar-refractivity contribution is 5.68. The van der Waals surface area contributed by atoms with Crippen LogP contribution in [0.4, 0.5) is 23.1 Å². The third-order valence-corrected chi connectivity index (χ3v) is 4.29. The predicted molar refractivity (Wildman–Crippen MR) is 95.8 cm³/mol. The molecule has 1 fully saturated rings. The standard InChI is InChI=1S/C17H21N7/c1-2-14-15(16(19)22-17(20)21-14)24-9-7-23(8-10-24)13-5-3-12(11-18)4-6-13/h3-6H,2,7-10H2,1H3,(H4,19,20,21,22). The van der Waals surface area contributed by atoms with Crippen molar-refractivity contribution in [3.05, 3.63) is 35.5 Å². The van der Waals surface area contributed by atoms with E-state index in [0.717, 1.165) is 49.7 Å². The fraction of sp³-hybridized carbons (Fsp3) is 0.353. The molecule has 1 aliphatic heterocycles. The molecule has 1 aliphatic rings. The molecule has 0 atom stereocenters. The first-order valence-corrected chi connectivity index (χ1v) is 8.04. The molecule has 24 heavy (non-hydrogen) atoms. The number of benzene rings is 1. The summed E-state index contributed by atoms with van der Waals surface area (Å²) in [7, 11) is 0. The van der Waals surface area contributed by atoms with Crippen LogP contribution in [-0.2, 0) is 6.42 Å². The molecule has 4 N–H and O–H groups in total. The van der Waals surface area contributed by atoms with Gasteiger partial charge in [0, 0.05) is 31.9 Å². The molecule has 0 unspecified atom stereocenters. The molecular weight excluding hydrogens is 302 g/mol. The lowest BCUT2D eigenvalue weighted by Crippen LogP contribution is -2.47. The molecule has 7 nitrogen and oxygen atoms in total. The largest absolute Gasteiger partial charge is 0.382 e. The van der Waals surface area contributed by atoms with E-state index in [-0.39, 0.29) is 5.95 Å². The van der Waals surface area contributed by atoms with Crippen LogP contribution in [-0.4, -0.2) is 36.1 Å². The summed E-state index contributed by atoms with van der Waals surface area (Å²) in [6.07, 6.45) is 0.766. The Hall–Kier alpha value is -3.01. The molecule has 0 bridgehead atoms. The first-order chi connectivity index (χ1) is 11.6. The first kappa shape index (κ1) is 15.9. The van der Waals surface area contributed by atoms with Crippen LogP contribution < -0.4 is 21.3 Å². The Balaban J connectivity index is 1.74. The van der Waals surface area contributed by atoms with Gasteiger partial charge in [-0.2, -0.15) is 10.2 Å². The van der Waals surface area contributed by atoms with Gasteiger partial charge in [-0.15, -0.1) is 0 Å². The van der Waals surface area contributed by atoms with Crippen molar-refractivity contribution in [3.63, 3.8) is 0 Å². The van der Waals surface area contributed by atoms with E-state index in [1.54, 1.807) is 0 Å². The second-order valence-electron chi connectivity index (χ2n) is 5.75. The second kappa shape index (κ2) is 6.62. The van der Waals surface area contributed by atoms with Gasteiger partial charge in [0.15, 0.2) is 5.82 Å². The summed E-state index contributed by atoms with van der Waals surface area (Å²) >= 11 is 0. The van der Waals surface area contributed by atoms with Crippen molar-refractivity contribution in [3.8, 4) is 6.07 Å². The Morgan fingerprint density at radius 1 is 1.04 bits per heavy atom. The lowest BCUT2D eigenvalue weighted by Gasteiger charge is -2.38. The Bertz CT molecular complexity index is 756. The number of hydrogen-bond acceptors (Lipinski definition) is 7. The molecule has 0 amide bonds. The van der Waals surface area contributed by atoms with Crippen molar-refractivity contribution in [2.45, 2.75) is 13.3 Å². The molecule has 1 saturated heterocycles. The monoisotopic (exact) mass is 323 g/mol. The summed E-state index contributed by atoms with van der Waals surface area (Å²) in [6.45, 7) is 5.46. The van der Waals surface area contributed by atoms with Crippen LogP contribution in [0.1, 0.15) is 18.2 Å². The Kier molecular flexibility index (Phi) is 4.38. The molecule has 0 spiro atoms. The van der Waals surface area contributed by atoms with Crippen molar-refractivity contribution in [2.24, 2.45) is 0 Å². The van der Waals surface area contributed by atoms with Crippen LogP contribution in [0.5, 0.6) is 0 Å². The summed E-state index contributed by atoms with van der Waals surface area (Å²) in [5.74, 6) is 0.676. The van der Waals surface area contributed by atoms with Gasteiger partial charge in [0.05, 0.1) is 17.3 Å². The number of nitrogens with zero attached hydrogens (tertiary/aromatic N) is 5. The maximum Gasteiger partial charge on any atom is 0.222 e. The smallest absolute Gasteiger partial charge is 0.222 e. The fourth-order valence-electron chi connectivity index (χ4n) is 3.07.